The maximum Gasteiger partial charge on any atom is 0.320 e. The fourth-order valence-corrected chi connectivity index (χ4v) is 7.79. The fourth-order valence-electron chi connectivity index (χ4n) is 4.83. The maximum absolute atomic E-state index is 12.6. The molecule has 13 heteroatoms. The van der Waals surface area contributed by atoms with Crippen LogP contribution in [0, 0.1) is 0 Å². The SMILES string of the molecule is Clc1ncnc2sc3c(c12)CCNC3.O=C(N1CCOCC1)N1CCc2c(sc3ncnc(Cl)c23)C1. The topological polar surface area (TPSA) is 96.4 Å². The zero-order valence-electron chi connectivity index (χ0n) is 19.3. The van der Waals surface area contributed by atoms with Crippen LogP contribution in [0.5, 0.6) is 0 Å². The summed E-state index contributed by atoms with van der Waals surface area (Å²) < 4.78 is 5.31. The van der Waals surface area contributed by atoms with Gasteiger partial charge in [0.05, 0.1) is 30.5 Å². The van der Waals surface area contributed by atoms with Crippen LogP contribution in [-0.4, -0.2) is 75.2 Å². The minimum Gasteiger partial charge on any atom is -0.378 e. The summed E-state index contributed by atoms with van der Waals surface area (Å²) in [6.07, 6.45) is 4.85. The molecule has 0 saturated carbocycles. The van der Waals surface area contributed by atoms with Gasteiger partial charge in [-0.25, -0.2) is 24.7 Å². The van der Waals surface area contributed by atoms with Gasteiger partial charge in [-0.05, 0) is 30.5 Å². The lowest BCUT2D eigenvalue weighted by molar-refractivity contribution is 0.0423. The molecule has 2 amide bonds. The number of halogens is 2. The van der Waals surface area contributed by atoms with Gasteiger partial charge >= 0.3 is 6.03 Å². The van der Waals surface area contributed by atoms with E-state index in [1.807, 2.05) is 9.80 Å². The molecule has 0 unspecified atom stereocenters. The average molecular weight is 565 g/mol. The van der Waals surface area contributed by atoms with E-state index in [1.54, 1.807) is 22.7 Å². The molecule has 3 aliphatic heterocycles. The number of nitrogens with one attached hydrogen (secondary N) is 1. The molecule has 0 aromatic carbocycles. The monoisotopic (exact) mass is 563 g/mol. The van der Waals surface area contributed by atoms with Crippen LogP contribution in [0.25, 0.3) is 20.4 Å². The quantitative estimate of drug-likeness (QED) is 0.321. The van der Waals surface area contributed by atoms with Crippen LogP contribution in [0.4, 0.5) is 4.79 Å². The van der Waals surface area contributed by atoms with Crippen molar-refractivity contribution in [2.75, 3.05) is 39.4 Å². The van der Waals surface area contributed by atoms with Crippen molar-refractivity contribution in [1.29, 1.82) is 0 Å². The third-order valence-corrected chi connectivity index (χ3v) is 9.44. The number of hydrogen-bond donors (Lipinski definition) is 1. The van der Waals surface area contributed by atoms with Crippen LogP contribution in [0.2, 0.25) is 10.3 Å². The standard InChI is InChI=1S/C14H15ClN4O2S.C9H8ClN3S/c15-12-11-9-1-2-19(14(20)18-3-5-21-6-4-18)7-10(9)22-13(11)17-8-16-12;10-8-7-5-1-2-11-3-6(5)14-9(7)13-4-12-8/h8H,1-7H2;4,11H,1-3H2. The molecule has 4 aromatic rings. The highest BCUT2D eigenvalue weighted by Crippen LogP contribution is 2.37. The first-order valence-corrected chi connectivity index (χ1v) is 14.1. The van der Waals surface area contributed by atoms with Gasteiger partial charge in [0.25, 0.3) is 0 Å². The van der Waals surface area contributed by atoms with Crippen LogP contribution in [0.15, 0.2) is 12.7 Å². The van der Waals surface area contributed by atoms with Gasteiger partial charge in [-0.2, -0.15) is 0 Å². The summed E-state index contributed by atoms with van der Waals surface area (Å²) in [4.78, 5) is 37.5. The number of ether oxygens (including phenoxy) is 1. The fraction of sp³-hybridized carbons (Fsp3) is 0.435. The predicted molar refractivity (Wildman–Crippen MR) is 142 cm³/mol. The van der Waals surface area contributed by atoms with Crippen LogP contribution in [0.3, 0.4) is 0 Å². The molecular weight excluding hydrogens is 541 g/mol. The van der Waals surface area contributed by atoms with E-state index >= 15 is 0 Å². The minimum absolute atomic E-state index is 0.101. The van der Waals surface area contributed by atoms with Gasteiger partial charge in [-0.15, -0.1) is 22.7 Å². The highest BCUT2D eigenvalue weighted by Gasteiger charge is 2.29. The zero-order valence-corrected chi connectivity index (χ0v) is 22.4. The summed E-state index contributed by atoms with van der Waals surface area (Å²) >= 11 is 15.6. The maximum atomic E-state index is 12.6. The number of rotatable bonds is 0. The molecule has 7 rings (SSSR count). The van der Waals surface area contributed by atoms with Crippen molar-refractivity contribution in [3.05, 3.63) is 43.8 Å². The lowest BCUT2D eigenvalue weighted by Gasteiger charge is -2.34. The molecule has 0 spiro atoms. The molecular formula is C23H23Cl2N7O2S2. The lowest BCUT2D eigenvalue weighted by Crippen LogP contribution is -2.49. The molecule has 1 saturated heterocycles. The van der Waals surface area contributed by atoms with Crippen molar-refractivity contribution in [3.8, 4) is 0 Å². The smallest absolute Gasteiger partial charge is 0.320 e. The van der Waals surface area contributed by atoms with E-state index in [-0.39, 0.29) is 6.03 Å². The summed E-state index contributed by atoms with van der Waals surface area (Å²) in [6.45, 7) is 5.88. The number of fused-ring (bicyclic) bond motifs is 6. The number of nitrogens with zero attached hydrogens (tertiary/aromatic N) is 6. The molecule has 0 radical (unpaired) electrons. The molecule has 7 heterocycles. The van der Waals surface area contributed by atoms with Crippen molar-refractivity contribution in [2.45, 2.75) is 25.9 Å². The van der Waals surface area contributed by atoms with Crippen molar-refractivity contribution < 1.29 is 9.53 Å². The Morgan fingerprint density at radius 3 is 2.19 bits per heavy atom. The first-order chi connectivity index (χ1) is 17.6. The second kappa shape index (κ2) is 10.3. The van der Waals surface area contributed by atoms with E-state index in [0.29, 0.717) is 49.7 Å². The zero-order chi connectivity index (χ0) is 24.6. The number of amides is 2. The third kappa shape index (κ3) is 4.52. The number of aromatic nitrogens is 4. The highest BCUT2D eigenvalue weighted by molar-refractivity contribution is 7.19. The molecule has 3 aliphatic rings. The Morgan fingerprint density at radius 1 is 0.861 bits per heavy atom. The summed E-state index contributed by atoms with van der Waals surface area (Å²) in [5, 5.41) is 6.47. The Bertz CT molecular complexity index is 1440. The minimum atomic E-state index is 0.101. The third-order valence-electron chi connectivity index (χ3n) is 6.60. The summed E-state index contributed by atoms with van der Waals surface area (Å²) in [6, 6.07) is 0.101. The molecule has 9 nitrogen and oxygen atoms in total. The van der Waals surface area contributed by atoms with Gasteiger partial charge in [0.1, 0.15) is 32.6 Å². The van der Waals surface area contributed by atoms with E-state index in [0.717, 1.165) is 46.4 Å². The molecule has 4 aromatic heterocycles. The molecule has 0 aliphatic carbocycles. The van der Waals surface area contributed by atoms with E-state index in [4.69, 9.17) is 27.9 Å². The lowest BCUT2D eigenvalue weighted by atomic mass is 10.1. The van der Waals surface area contributed by atoms with Crippen molar-refractivity contribution in [3.63, 3.8) is 0 Å². The second-order valence-corrected chi connectivity index (χ2v) is 11.6. The normalized spacial score (nSPS) is 17.5. The Morgan fingerprint density at radius 2 is 1.50 bits per heavy atom. The number of carbonyl (C=O) groups excluding carboxylic acids is 1. The van der Waals surface area contributed by atoms with Crippen LogP contribution >= 0.6 is 45.9 Å². The van der Waals surface area contributed by atoms with Crippen LogP contribution in [-0.2, 0) is 30.7 Å². The Hall–Kier alpha value is -2.15. The van der Waals surface area contributed by atoms with Crippen LogP contribution < -0.4 is 5.32 Å². The van der Waals surface area contributed by atoms with Crippen molar-refractivity contribution in [2.24, 2.45) is 0 Å². The van der Waals surface area contributed by atoms with Gasteiger partial charge in [0.2, 0.25) is 0 Å². The van der Waals surface area contributed by atoms with Gasteiger partial charge in [0.15, 0.2) is 0 Å². The first kappa shape index (κ1) is 24.2. The Kier molecular flexibility index (Phi) is 6.93. The van der Waals surface area contributed by atoms with E-state index in [1.165, 1.54) is 33.5 Å². The molecule has 0 atom stereocenters. The number of thiophene rings is 2. The van der Waals surface area contributed by atoms with Crippen LogP contribution in [0.1, 0.15) is 20.9 Å². The molecule has 1 fully saturated rings. The van der Waals surface area contributed by atoms with Gasteiger partial charge in [-0.3, -0.25) is 0 Å². The Labute approximate surface area is 225 Å². The van der Waals surface area contributed by atoms with Gasteiger partial charge in [0, 0.05) is 35.9 Å². The summed E-state index contributed by atoms with van der Waals surface area (Å²) in [7, 11) is 0. The number of carbonyl (C=O) groups is 1. The average Bonchev–Trinajstić information content (AvgIpc) is 3.48. The Balaban J connectivity index is 0.000000147. The van der Waals surface area contributed by atoms with E-state index in [2.05, 4.69) is 25.3 Å². The number of morpholine rings is 1. The van der Waals surface area contributed by atoms with Crippen molar-refractivity contribution >= 4 is 72.3 Å². The molecule has 1 N–H and O–H groups in total. The van der Waals surface area contributed by atoms with Crippen molar-refractivity contribution in [1.82, 2.24) is 35.1 Å². The molecule has 36 heavy (non-hydrogen) atoms. The summed E-state index contributed by atoms with van der Waals surface area (Å²) in [5.74, 6) is 0. The molecule has 188 valence electrons. The molecule has 0 bridgehead atoms. The van der Waals surface area contributed by atoms with E-state index < -0.39 is 0 Å². The number of hydrogen-bond acceptors (Lipinski definition) is 9. The highest BCUT2D eigenvalue weighted by atomic mass is 35.5. The van der Waals surface area contributed by atoms with Gasteiger partial charge in [-0.1, -0.05) is 23.2 Å². The summed E-state index contributed by atoms with van der Waals surface area (Å²) in [5.41, 5.74) is 2.55. The first-order valence-electron chi connectivity index (χ1n) is 11.7. The van der Waals surface area contributed by atoms with Gasteiger partial charge < -0.3 is 19.9 Å². The predicted octanol–water partition coefficient (Wildman–Crippen LogP) is 4.15. The van der Waals surface area contributed by atoms with E-state index in [9.17, 15) is 4.79 Å². The largest absolute Gasteiger partial charge is 0.378 e. The second-order valence-electron chi connectivity index (χ2n) is 8.68. The number of urea groups is 1.